The van der Waals surface area contributed by atoms with Crippen LogP contribution in [0.15, 0.2) is 36.5 Å². The van der Waals surface area contributed by atoms with E-state index in [-0.39, 0.29) is 5.91 Å². The topological polar surface area (TPSA) is 60.5 Å². The Bertz CT molecular complexity index is 647. The van der Waals surface area contributed by atoms with E-state index in [1.165, 1.54) is 14.2 Å². The van der Waals surface area contributed by atoms with Crippen LogP contribution in [0.25, 0.3) is 0 Å². The van der Waals surface area contributed by atoms with Crippen LogP contribution in [-0.4, -0.2) is 25.1 Å². The number of anilines is 1. The van der Waals surface area contributed by atoms with Crippen molar-refractivity contribution < 1.29 is 14.3 Å². The Balaban J connectivity index is 2.04. The fourth-order valence-corrected chi connectivity index (χ4v) is 2.19. The molecule has 0 saturated carbocycles. The summed E-state index contributed by atoms with van der Waals surface area (Å²) in [5, 5.41) is 3.23. The smallest absolute Gasteiger partial charge is 0.224 e. The minimum atomic E-state index is -0.131. The summed E-state index contributed by atoms with van der Waals surface area (Å²) in [6.07, 6.45) is 2.60. The SMILES string of the molecule is COc1cc(NC(=O)CCc2ccccn2)c(OC)cc1Cl. The first-order chi connectivity index (χ1) is 10.6. The minimum absolute atomic E-state index is 0.131. The van der Waals surface area contributed by atoms with Gasteiger partial charge in [-0.2, -0.15) is 0 Å². The average Bonchev–Trinajstić information content (AvgIpc) is 2.55. The molecule has 2 rings (SSSR count). The lowest BCUT2D eigenvalue weighted by molar-refractivity contribution is -0.116. The van der Waals surface area contributed by atoms with Crippen molar-refractivity contribution in [3.8, 4) is 11.5 Å². The number of rotatable bonds is 6. The van der Waals surface area contributed by atoms with Gasteiger partial charge in [-0.3, -0.25) is 9.78 Å². The Morgan fingerprint density at radius 1 is 1.23 bits per heavy atom. The zero-order valence-corrected chi connectivity index (χ0v) is 13.2. The van der Waals surface area contributed by atoms with Gasteiger partial charge in [0.05, 0.1) is 24.9 Å². The molecular weight excluding hydrogens is 304 g/mol. The summed E-state index contributed by atoms with van der Waals surface area (Å²) in [7, 11) is 3.03. The molecule has 1 N–H and O–H groups in total. The standard InChI is InChI=1S/C16H17ClN2O3/c1-21-14-10-13(15(22-2)9-12(14)17)19-16(20)7-6-11-5-3-4-8-18-11/h3-5,8-10H,6-7H2,1-2H3,(H,19,20). The molecule has 1 aromatic carbocycles. The number of methoxy groups -OCH3 is 2. The Labute approximate surface area is 134 Å². The first-order valence-corrected chi connectivity index (χ1v) is 7.13. The second-order valence-electron chi connectivity index (χ2n) is 4.56. The molecule has 0 radical (unpaired) electrons. The summed E-state index contributed by atoms with van der Waals surface area (Å²) >= 11 is 6.03. The summed E-state index contributed by atoms with van der Waals surface area (Å²) in [5.74, 6) is 0.827. The number of amides is 1. The van der Waals surface area contributed by atoms with Crippen molar-refractivity contribution in [3.05, 3.63) is 47.2 Å². The summed E-state index contributed by atoms with van der Waals surface area (Å²) in [6.45, 7) is 0. The van der Waals surface area contributed by atoms with Crippen LogP contribution in [0.1, 0.15) is 12.1 Å². The molecule has 2 aromatic rings. The summed E-state index contributed by atoms with van der Waals surface area (Å²) in [4.78, 5) is 16.3. The largest absolute Gasteiger partial charge is 0.495 e. The highest BCUT2D eigenvalue weighted by Gasteiger charge is 2.12. The summed E-state index contributed by atoms with van der Waals surface area (Å²) in [6, 6.07) is 8.87. The lowest BCUT2D eigenvalue weighted by Gasteiger charge is -2.13. The third-order valence-electron chi connectivity index (χ3n) is 3.08. The average molecular weight is 321 g/mol. The molecule has 0 aliphatic carbocycles. The van der Waals surface area contributed by atoms with E-state index in [1.54, 1.807) is 18.3 Å². The number of hydrogen-bond donors (Lipinski definition) is 1. The normalized spacial score (nSPS) is 10.1. The van der Waals surface area contributed by atoms with Crippen LogP contribution in [0.5, 0.6) is 11.5 Å². The van der Waals surface area contributed by atoms with E-state index in [2.05, 4.69) is 10.3 Å². The highest BCUT2D eigenvalue weighted by Crippen LogP contribution is 2.35. The maximum atomic E-state index is 12.1. The van der Waals surface area contributed by atoms with Crippen LogP contribution in [0.3, 0.4) is 0 Å². The summed E-state index contributed by atoms with van der Waals surface area (Å²) in [5.41, 5.74) is 1.40. The lowest BCUT2D eigenvalue weighted by Crippen LogP contribution is -2.13. The van der Waals surface area contributed by atoms with Crippen molar-refractivity contribution in [2.24, 2.45) is 0 Å². The number of benzene rings is 1. The first kappa shape index (κ1) is 16.1. The molecule has 0 saturated heterocycles. The van der Waals surface area contributed by atoms with E-state index in [4.69, 9.17) is 21.1 Å². The number of nitrogens with one attached hydrogen (secondary N) is 1. The van der Waals surface area contributed by atoms with Gasteiger partial charge in [-0.05, 0) is 18.6 Å². The van der Waals surface area contributed by atoms with Crippen molar-refractivity contribution in [1.82, 2.24) is 4.98 Å². The van der Waals surface area contributed by atoms with E-state index >= 15 is 0 Å². The number of pyridine rings is 1. The van der Waals surface area contributed by atoms with Gasteiger partial charge in [0.1, 0.15) is 11.5 Å². The Hall–Kier alpha value is -2.27. The number of carbonyl (C=O) groups is 1. The van der Waals surface area contributed by atoms with Crippen molar-refractivity contribution in [2.75, 3.05) is 19.5 Å². The van der Waals surface area contributed by atoms with Crippen LogP contribution >= 0.6 is 11.6 Å². The summed E-state index contributed by atoms with van der Waals surface area (Å²) < 4.78 is 10.4. The van der Waals surface area contributed by atoms with Gasteiger partial charge in [0.25, 0.3) is 0 Å². The molecule has 0 spiro atoms. The van der Waals surface area contributed by atoms with Gasteiger partial charge >= 0.3 is 0 Å². The van der Waals surface area contributed by atoms with E-state index in [0.29, 0.717) is 35.1 Å². The van der Waals surface area contributed by atoms with Crippen molar-refractivity contribution in [2.45, 2.75) is 12.8 Å². The molecule has 0 aliphatic heterocycles. The number of aryl methyl sites for hydroxylation is 1. The fourth-order valence-electron chi connectivity index (χ4n) is 1.96. The Morgan fingerprint density at radius 3 is 2.64 bits per heavy atom. The number of halogens is 1. The molecule has 0 atom stereocenters. The monoisotopic (exact) mass is 320 g/mol. The zero-order chi connectivity index (χ0) is 15.9. The molecule has 22 heavy (non-hydrogen) atoms. The van der Waals surface area contributed by atoms with Crippen LogP contribution in [0.2, 0.25) is 5.02 Å². The molecule has 0 aliphatic rings. The third kappa shape index (κ3) is 4.11. The number of ether oxygens (including phenoxy) is 2. The highest BCUT2D eigenvalue weighted by molar-refractivity contribution is 6.32. The quantitative estimate of drug-likeness (QED) is 0.887. The van der Waals surface area contributed by atoms with E-state index in [9.17, 15) is 4.79 Å². The number of aromatic nitrogens is 1. The predicted molar refractivity (Wildman–Crippen MR) is 85.7 cm³/mol. The van der Waals surface area contributed by atoms with E-state index in [0.717, 1.165) is 5.69 Å². The maximum Gasteiger partial charge on any atom is 0.224 e. The van der Waals surface area contributed by atoms with Crippen molar-refractivity contribution >= 4 is 23.2 Å². The highest BCUT2D eigenvalue weighted by atomic mass is 35.5. The maximum absolute atomic E-state index is 12.1. The number of hydrogen-bond acceptors (Lipinski definition) is 4. The van der Waals surface area contributed by atoms with Crippen molar-refractivity contribution in [3.63, 3.8) is 0 Å². The van der Waals surface area contributed by atoms with Crippen LogP contribution in [-0.2, 0) is 11.2 Å². The van der Waals surface area contributed by atoms with E-state index < -0.39 is 0 Å². The first-order valence-electron chi connectivity index (χ1n) is 6.75. The third-order valence-corrected chi connectivity index (χ3v) is 3.38. The molecule has 116 valence electrons. The molecular formula is C16H17ClN2O3. The Kier molecular flexibility index (Phi) is 5.61. The van der Waals surface area contributed by atoms with Crippen LogP contribution < -0.4 is 14.8 Å². The zero-order valence-electron chi connectivity index (χ0n) is 12.4. The molecule has 0 bridgehead atoms. The molecule has 6 heteroatoms. The number of carbonyl (C=O) groups excluding carboxylic acids is 1. The second-order valence-corrected chi connectivity index (χ2v) is 4.96. The van der Waals surface area contributed by atoms with Gasteiger partial charge in [-0.15, -0.1) is 0 Å². The molecule has 1 aromatic heterocycles. The molecule has 1 amide bonds. The van der Waals surface area contributed by atoms with Gasteiger partial charge in [0.15, 0.2) is 0 Å². The van der Waals surface area contributed by atoms with Crippen LogP contribution in [0.4, 0.5) is 5.69 Å². The van der Waals surface area contributed by atoms with Gasteiger partial charge < -0.3 is 14.8 Å². The van der Waals surface area contributed by atoms with Crippen LogP contribution in [0, 0.1) is 0 Å². The Morgan fingerprint density at radius 2 is 2.00 bits per heavy atom. The van der Waals surface area contributed by atoms with Crippen molar-refractivity contribution in [1.29, 1.82) is 0 Å². The number of nitrogens with zero attached hydrogens (tertiary/aromatic N) is 1. The van der Waals surface area contributed by atoms with E-state index in [1.807, 2.05) is 18.2 Å². The second kappa shape index (κ2) is 7.66. The molecule has 0 unspecified atom stereocenters. The van der Waals surface area contributed by atoms with Gasteiger partial charge in [-0.25, -0.2) is 0 Å². The minimum Gasteiger partial charge on any atom is -0.495 e. The fraction of sp³-hybridized carbons (Fsp3) is 0.250. The predicted octanol–water partition coefficient (Wildman–Crippen LogP) is 3.32. The molecule has 0 fully saturated rings. The lowest BCUT2D eigenvalue weighted by atomic mass is 10.2. The van der Waals surface area contributed by atoms with Gasteiger partial charge in [0, 0.05) is 30.4 Å². The van der Waals surface area contributed by atoms with Gasteiger partial charge in [0.2, 0.25) is 5.91 Å². The molecule has 5 nitrogen and oxygen atoms in total. The molecule has 1 heterocycles. The van der Waals surface area contributed by atoms with Gasteiger partial charge in [-0.1, -0.05) is 17.7 Å².